The molecule has 0 fully saturated rings. The number of alkyl halides is 5. The zero-order chi connectivity index (χ0) is 16.3. The first-order chi connectivity index (χ1) is 9.65. The molecule has 0 spiro atoms. The van der Waals surface area contributed by atoms with Crippen molar-refractivity contribution in [1.82, 2.24) is 5.32 Å². The number of hydrogen-bond donors (Lipinski definition) is 1. The predicted octanol–water partition coefficient (Wildman–Crippen LogP) is 4.70. The quantitative estimate of drug-likeness (QED) is 0.727. The highest BCUT2D eigenvalue weighted by Gasteiger charge is 2.62. The number of nitrogens with one attached hydrogen (secondary N) is 1. The number of hydrogen-bond acceptors (Lipinski definition) is 2. The van der Waals surface area contributed by atoms with E-state index in [1.165, 1.54) is 18.2 Å². The second-order valence-corrected chi connectivity index (χ2v) is 5.24. The Morgan fingerprint density at radius 3 is 2.29 bits per heavy atom. The molecule has 0 amide bonds. The van der Waals surface area contributed by atoms with Crippen LogP contribution in [0.15, 0.2) is 22.7 Å². The first-order valence-corrected chi connectivity index (χ1v) is 6.98. The fraction of sp³-hybridized carbons (Fsp3) is 0.538. The molecule has 2 nitrogen and oxygen atoms in total. The van der Waals surface area contributed by atoms with Crippen molar-refractivity contribution in [2.24, 2.45) is 0 Å². The summed E-state index contributed by atoms with van der Waals surface area (Å²) in [5.74, 6) is -4.49. The molecular formula is C13H15BrF5NO. The molecule has 0 radical (unpaired) electrons. The molecule has 0 heterocycles. The molecule has 120 valence electrons. The average molecular weight is 376 g/mol. The number of ether oxygens (including phenoxy) is 1. The second-order valence-electron chi connectivity index (χ2n) is 4.38. The van der Waals surface area contributed by atoms with Crippen LogP contribution < -0.4 is 10.1 Å². The average Bonchev–Trinajstić information content (AvgIpc) is 2.37. The van der Waals surface area contributed by atoms with Gasteiger partial charge in [-0.15, -0.1) is 0 Å². The Morgan fingerprint density at radius 1 is 1.24 bits per heavy atom. The highest BCUT2D eigenvalue weighted by Crippen LogP contribution is 2.45. The van der Waals surface area contributed by atoms with Gasteiger partial charge in [0.15, 0.2) is 0 Å². The van der Waals surface area contributed by atoms with Crippen LogP contribution in [0.5, 0.6) is 5.75 Å². The fourth-order valence-corrected chi connectivity index (χ4v) is 2.26. The smallest absolute Gasteiger partial charge is 0.455 e. The first kappa shape index (κ1) is 18.2. The van der Waals surface area contributed by atoms with E-state index in [-0.39, 0.29) is 5.56 Å². The standard InChI is InChI=1S/C13H15BrF5NO/c1-3-6-21-10-5-4-8(7-9(10)14)11(20-2)12(15,16)13(17,18)19/h4-5,7,11,20H,3,6H2,1-2H3. The van der Waals surface area contributed by atoms with Crippen LogP contribution in [0.1, 0.15) is 24.9 Å². The van der Waals surface area contributed by atoms with Crippen molar-refractivity contribution in [2.45, 2.75) is 31.5 Å². The lowest BCUT2D eigenvalue weighted by atomic mass is 10.00. The van der Waals surface area contributed by atoms with Gasteiger partial charge in [-0.2, -0.15) is 22.0 Å². The zero-order valence-electron chi connectivity index (χ0n) is 11.4. The number of rotatable bonds is 6. The Kier molecular flexibility index (Phi) is 5.98. The summed E-state index contributed by atoms with van der Waals surface area (Å²) in [6.07, 6.45) is -4.88. The predicted molar refractivity (Wildman–Crippen MR) is 72.7 cm³/mol. The largest absolute Gasteiger partial charge is 0.492 e. The maximum absolute atomic E-state index is 13.5. The maximum Gasteiger partial charge on any atom is 0.455 e. The summed E-state index contributed by atoms with van der Waals surface area (Å²) in [7, 11) is 1.06. The SMILES string of the molecule is CCCOc1ccc(C(NC)C(F)(F)C(F)(F)F)cc1Br. The van der Waals surface area contributed by atoms with Gasteiger partial charge in [0.05, 0.1) is 11.1 Å². The summed E-state index contributed by atoms with van der Waals surface area (Å²) < 4.78 is 70.0. The monoisotopic (exact) mass is 375 g/mol. The molecule has 1 unspecified atom stereocenters. The van der Waals surface area contributed by atoms with Gasteiger partial charge in [-0.3, -0.25) is 0 Å². The van der Waals surface area contributed by atoms with Crippen LogP contribution in [0.25, 0.3) is 0 Å². The van der Waals surface area contributed by atoms with Gasteiger partial charge in [0, 0.05) is 0 Å². The minimum Gasteiger partial charge on any atom is -0.492 e. The molecule has 0 bridgehead atoms. The minimum absolute atomic E-state index is 0.185. The Bertz CT molecular complexity index is 478. The highest BCUT2D eigenvalue weighted by molar-refractivity contribution is 9.10. The third-order valence-electron chi connectivity index (χ3n) is 2.78. The van der Waals surface area contributed by atoms with Gasteiger partial charge in [-0.1, -0.05) is 13.0 Å². The lowest BCUT2D eigenvalue weighted by Crippen LogP contribution is -2.47. The third-order valence-corrected chi connectivity index (χ3v) is 3.40. The van der Waals surface area contributed by atoms with E-state index in [0.29, 0.717) is 16.8 Å². The zero-order valence-corrected chi connectivity index (χ0v) is 13.0. The summed E-state index contributed by atoms with van der Waals surface area (Å²) >= 11 is 3.11. The van der Waals surface area contributed by atoms with Gasteiger partial charge in [0.2, 0.25) is 0 Å². The van der Waals surface area contributed by atoms with Crippen molar-refractivity contribution in [1.29, 1.82) is 0 Å². The van der Waals surface area contributed by atoms with E-state index >= 15 is 0 Å². The van der Waals surface area contributed by atoms with E-state index in [4.69, 9.17) is 4.74 Å². The molecule has 1 aromatic rings. The molecule has 1 atom stereocenters. The summed E-state index contributed by atoms with van der Waals surface area (Å²) in [5, 5.41) is 2.02. The Labute approximate surface area is 127 Å². The van der Waals surface area contributed by atoms with Crippen molar-refractivity contribution in [2.75, 3.05) is 13.7 Å². The molecule has 1 N–H and O–H groups in total. The van der Waals surface area contributed by atoms with Gasteiger partial charge in [0.1, 0.15) is 11.8 Å². The van der Waals surface area contributed by atoms with Crippen LogP contribution in [0.3, 0.4) is 0 Å². The summed E-state index contributed by atoms with van der Waals surface area (Å²) in [6, 6.07) is 1.59. The van der Waals surface area contributed by atoms with Crippen LogP contribution in [-0.2, 0) is 0 Å². The van der Waals surface area contributed by atoms with Crippen LogP contribution in [0.4, 0.5) is 22.0 Å². The molecule has 0 saturated carbocycles. The molecule has 0 aliphatic carbocycles. The van der Waals surface area contributed by atoms with Crippen LogP contribution in [0.2, 0.25) is 0 Å². The molecule has 0 aromatic heterocycles. The van der Waals surface area contributed by atoms with Crippen LogP contribution in [0, 0.1) is 0 Å². The van der Waals surface area contributed by atoms with E-state index in [2.05, 4.69) is 15.9 Å². The van der Waals surface area contributed by atoms with Gasteiger partial charge in [-0.25, -0.2) is 0 Å². The van der Waals surface area contributed by atoms with Crippen LogP contribution >= 0.6 is 15.9 Å². The van der Waals surface area contributed by atoms with Crippen molar-refractivity contribution >= 4 is 15.9 Å². The first-order valence-electron chi connectivity index (χ1n) is 6.19. The molecule has 21 heavy (non-hydrogen) atoms. The summed E-state index contributed by atoms with van der Waals surface area (Å²) in [5.41, 5.74) is -0.185. The maximum atomic E-state index is 13.5. The molecule has 0 aliphatic heterocycles. The molecule has 8 heteroatoms. The molecular weight excluding hydrogens is 361 g/mol. The fourth-order valence-electron chi connectivity index (χ4n) is 1.75. The van der Waals surface area contributed by atoms with Crippen molar-refractivity contribution in [3.8, 4) is 5.75 Å². The molecule has 1 rings (SSSR count). The second kappa shape index (κ2) is 6.91. The summed E-state index contributed by atoms with van der Waals surface area (Å²) in [4.78, 5) is 0. The lowest BCUT2D eigenvalue weighted by molar-refractivity contribution is -0.293. The minimum atomic E-state index is -5.63. The third kappa shape index (κ3) is 4.06. The van der Waals surface area contributed by atoms with Gasteiger partial charge < -0.3 is 10.1 Å². The number of halogens is 6. The topological polar surface area (TPSA) is 21.3 Å². The highest BCUT2D eigenvalue weighted by atomic mass is 79.9. The molecule has 1 aromatic carbocycles. The van der Waals surface area contributed by atoms with E-state index in [1.807, 2.05) is 12.2 Å². The Morgan fingerprint density at radius 2 is 1.86 bits per heavy atom. The molecule has 0 aliphatic rings. The van der Waals surface area contributed by atoms with E-state index in [9.17, 15) is 22.0 Å². The van der Waals surface area contributed by atoms with Crippen molar-refractivity contribution < 1.29 is 26.7 Å². The normalized spacial score (nSPS) is 14.1. The Hall–Kier alpha value is -0.890. The van der Waals surface area contributed by atoms with Crippen molar-refractivity contribution in [3.63, 3.8) is 0 Å². The molecule has 0 saturated heterocycles. The lowest BCUT2D eigenvalue weighted by Gasteiger charge is -2.29. The Balaban J connectivity index is 3.10. The van der Waals surface area contributed by atoms with Gasteiger partial charge >= 0.3 is 12.1 Å². The van der Waals surface area contributed by atoms with Gasteiger partial charge in [0.25, 0.3) is 0 Å². The van der Waals surface area contributed by atoms with Crippen molar-refractivity contribution in [3.05, 3.63) is 28.2 Å². The number of benzene rings is 1. The van der Waals surface area contributed by atoms with E-state index in [0.717, 1.165) is 13.5 Å². The van der Waals surface area contributed by atoms with Gasteiger partial charge in [-0.05, 0) is 47.1 Å². The van der Waals surface area contributed by atoms with E-state index < -0.39 is 18.1 Å². The summed E-state index contributed by atoms with van der Waals surface area (Å²) in [6.45, 7) is 2.31. The van der Waals surface area contributed by atoms with E-state index in [1.54, 1.807) is 0 Å². The van der Waals surface area contributed by atoms with Crippen LogP contribution in [-0.4, -0.2) is 25.8 Å².